The van der Waals surface area contributed by atoms with Gasteiger partial charge in [0.1, 0.15) is 11.3 Å². The smallest absolute Gasteiger partial charge is 0.290 e. The molecule has 5 heteroatoms. The third-order valence-electron chi connectivity index (χ3n) is 5.55. The number of rotatable bonds is 8. The van der Waals surface area contributed by atoms with Crippen molar-refractivity contribution < 1.29 is 13.9 Å². The van der Waals surface area contributed by atoms with Crippen LogP contribution >= 0.6 is 0 Å². The number of carbonyl (C=O) groups excluding carboxylic acids is 1. The van der Waals surface area contributed by atoms with Crippen LogP contribution in [0, 0.1) is 0 Å². The maximum Gasteiger partial charge on any atom is 0.290 e. The molecule has 0 bridgehead atoms. The predicted molar refractivity (Wildman–Crippen MR) is 117 cm³/mol. The molecule has 1 aliphatic rings. The van der Waals surface area contributed by atoms with Gasteiger partial charge >= 0.3 is 0 Å². The molecule has 4 rings (SSSR count). The first-order valence-electron chi connectivity index (χ1n) is 10.7. The average molecular weight is 405 g/mol. The maximum absolute atomic E-state index is 13.3. The molecule has 5 nitrogen and oxygen atoms in total. The van der Waals surface area contributed by atoms with Crippen LogP contribution in [-0.4, -0.2) is 24.0 Å². The highest BCUT2D eigenvalue weighted by molar-refractivity contribution is 5.99. The molecule has 2 heterocycles. The summed E-state index contributed by atoms with van der Waals surface area (Å²) in [5.41, 5.74) is 1.63. The first-order chi connectivity index (χ1) is 14.7. The van der Waals surface area contributed by atoms with Crippen molar-refractivity contribution in [3.63, 3.8) is 0 Å². The van der Waals surface area contributed by atoms with Crippen LogP contribution in [0.15, 0.2) is 57.7 Å². The van der Waals surface area contributed by atoms with Crippen LogP contribution in [0.25, 0.3) is 11.0 Å². The van der Waals surface area contributed by atoms with E-state index in [1.165, 1.54) is 0 Å². The lowest BCUT2D eigenvalue weighted by Crippen LogP contribution is -2.30. The minimum absolute atomic E-state index is 0.135. The number of hydrogen-bond donors (Lipinski definition) is 0. The summed E-state index contributed by atoms with van der Waals surface area (Å²) >= 11 is 0. The van der Waals surface area contributed by atoms with Crippen LogP contribution < -0.4 is 10.2 Å². The van der Waals surface area contributed by atoms with E-state index in [0.717, 1.165) is 37.0 Å². The summed E-state index contributed by atoms with van der Waals surface area (Å²) in [6, 6.07) is 14.4. The van der Waals surface area contributed by atoms with Crippen molar-refractivity contribution in [1.82, 2.24) is 4.90 Å². The fourth-order valence-electron chi connectivity index (χ4n) is 4.07. The quantitative estimate of drug-likeness (QED) is 0.476. The summed E-state index contributed by atoms with van der Waals surface area (Å²) in [5, 5.41) is 0.503. The number of para-hydroxylation sites is 1. The van der Waals surface area contributed by atoms with E-state index in [0.29, 0.717) is 29.7 Å². The fraction of sp³-hybridized carbons (Fsp3) is 0.360. The van der Waals surface area contributed by atoms with E-state index < -0.39 is 6.04 Å². The Bertz CT molecular complexity index is 1100. The highest BCUT2D eigenvalue weighted by Crippen LogP contribution is 2.38. The zero-order chi connectivity index (χ0) is 21.1. The van der Waals surface area contributed by atoms with Crippen LogP contribution in [0.5, 0.6) is 5.75 Å². The molecule has 3 aromatic rings. The summed E-state index contributed by atoms with van der Waals surface area (Å²) in [7, 11) is 0. The van der Waals surface area contributed by atoms with Gasteiger partial charge in [0.05, 0.1) is 23.6 Å². The van der Waals surface area contributed by atoms with E-state index in [9.17, 15) is 9.59 Å². The van der Waals surface area contributed by atoms with Crippen molar-refractivity contribution in [2.24, 2.45) is 0 Å². The minimum atomic E-state index is -0.442. The molecule has 0 unspecified atom stereocenters. The van der Waals surface area contributed by atoms with Crippen molar-refractivity contribution in [3.8, 4) is 5.75 Å². The average Bonchev–Trinajstić information content (AvgIpc) is 3.04. The first-order valence-corrected chi connectivity index (χ1v) is 10.7. The van der Waals surface area contributed by atoms with Crippen LogP contribution in [-0.2, 0) is 0 Å². The number of ether oxygens (including phenoxy) is 1. The summed E-state index contributed by atoms with van der Waals surface area (Å²) in [4.78, 5) is 28.2. The molecule has 0 N–H and O–H groups in total. The van der Waals surface area contributed by atoms with Gasteiger partial charge in [-0.2, -0.15) is 0 Å². The summed E-state index contributed by atoms with van der Waals surface area (Å²) in [6.45, 7) is 5.43. The van der Waals surface area contributed by atoms with Gasteiger partial charge in [-0.1, -0.05) is 51.0 Å². The number of fused-ring (bicyclic) bond motifs is 2. The molecule has 30 heavy (non-hydrogen) atoms. The molecule has 0 aliphatic carbocycles. The van der Waals surface area contributed by atoms with Crippen LogP contribution in [0.4, 0.5) is 0 Å². The standard InChI is InChI=1S/C25H27NO4/c1-3-5-8-16-29-18-13-11-17(12-14-18)22-21-23(27)19-9-6-7-10-20(19)30-24(21)25(28)26(22)15-4-2/h6-7,9-14,22H,3-5,8,15-16H2,1-2H3/t22-/m1/s1. The molecule has 156 valence electrons. The van der Waals surface area contributed by atoms with Gasteiger partial charge in [0.25, 0.3) is 5.91 Å². The number of amides is 1. The van der Waals surface area contributed by atoms with Gasteiger partial charge in [-0.25, -0.2) is 0 Å². The SMILES string of the molecule is CCCCCOc1ccc([C@@H]2c3c(oc4ccccc4c3=O)C(=O)N2CCC)cc1. The second kappa shape index (κ2) is 8.74. The number of unbranched alkanes of at least 4 members (excludes halogenated alkanes) is 2. The molecule has 1 atom stereocenters. The molecule has 0 radical (unpaired) electrons. The van der Waals surface area contributed by atoms with Crippen LogP contribution in [0.3, 0.4) is 0 Å². The lowest BCUT2D eigenvalue weighted by atomic mass is 9.98. The van der Waals surface area contributed by atoms with Crippen molar-refractivity contribution in [1.29, 1.82) is 0 Å². The maximum atomic E-state index is 13.3. The predicted octanol–water partition coefficient (Wildman–Crippen LogP) is 5.32. The fourth-order valence-corrected chi connectivity index (χ4v) is 4.07. The lowest BCUT2D eigenvalue weighted by Gasteiger charge is -2.24. The third kappa shape index (κ3) is 3.60. The molecular weight excluding hydrogens is 378 g/mol. The molecule has 0 fully saturated rings. The van der Waals surface area contributed by atoms with E-state index in [4.69, 9.17) is 9.15 Å². The molecular formula is C25H27NO4. The van der Waals surface area contributed by atoms with Gasteiger partial charge in [-0.05, 0) is 42.7 Å². The number of benzene rings is 2. The van der Waals surface area contributed by atoms with Crippen molar-refractivity contribution in [3.05, 3.63) is 75.6 Å². The Morgan fingerprint density at radius 1 is 0.967 bits per heavy atom. The van der Waals surface area contributed by atoms with Gasteiger partial charge in [0.2, 0.25) is 5.76 Å². The normalized spacial score (nSPS) is 15.6. The van der Waals surface area contributed by atoms with Gasteiger partial charge in [-0.3, -0.25) is 9.59 Å². The van der Waals surface area contributed by atoms with Crippen LogP contribution in [0.1, 0.15) is 67.3 Å². The van der Waals surface area contributed by atoms with Gasteiger partial charge in [0.15, 0.2) is 5.43 Å². The van der Waals surface area contributed by atoms with Crippen molar-refractivity contribution >= 4 is 16.9 Å². The lowest BCUT2D eigenvalue weighted by molar-refractivity contribution is 0.0728. The molecule has 1 amide bonds. The Kier molecular flexibility index (Phi) is 5.88. The topological polar surface area (TPSA) is 59.8 Å². The monoisotopic (exact) mass is 405 g/mol. The number of hydrogen-bond acceptors (Lipinski definition) is 4. The van der Waals surface area contributed by atoms with Crippen molar-refractivity contribution in [2.75, 3.05) is 13.2 Å². The Hall–Kier alpha value is -3.08. The Morgan fingerprint density at radius 3 is 2.47 bits per heavy atom. The highest BCUT2D eigenvalue weighted by Gasteiger charge is 2.42. The Balaban J connectivity index is 1.73. The molecule has 2 aromatic carbocycles. The highest BCUT2D eigenvalue weighted by atomic mass is 16.5. The summed E-state index contributed by atoms with van der Waals surface area (Å²) < 4.78 is 11.7. The minimum Gasteiger partial charge on any atom is -0.494 e. The zero-order valence-electron chi connectivity index (χ0n) is 17.5. The molecule has 0 saturated heterocycles. The number of nitrogens with zero attached hydrogens (tertiary/aromatic N) is 1. The zero-order valence-corrected chi connectivity index (χ0v) is 17.5. The second-order valence-electron chi connectivity index (χ2n) is 7.70. The van der Waals surface area contributed by atoms with E-state index in [-0.39, 0.29) is 17.1 Å². The van der Waals surface area contributed by atoms with E-state index in [1.54, 1.807) is 23.1 Å². The molecule has 1 aromatic heterocycles. The number of carbonyl (C=O) groups is 1. The second-order valence-corrected chi connectivity index (χ2v) is 7.70. The van der Waals surface area contributed by atoms with E-state index in [2.05, 4.69) is 6.92 Å². The Morgan fingerprint density at radius 2 is 1.73 bits per heavy atom. The largest absolute Gasteiger partial charge is 0.494 e. The first kappa shape index (κ1) is 20.2. The van der Waals surface area contributed by atoms with Gasteiger partial charge < -0.3 is 14.1 Å². The van der Waals surface area contributed by atoms with Crippen molar-refractivity contribution in [2.45, 2.75) is 45.6 Å². The summed E-state index contributed by atoms with van der Waals surface area (Å²) in [5.74, 6) is 0.739. The Labute approximate surface area is 176 Å². The summed E-state index contributed by atoms with van der Waals surface area (Å²) in [6.07, 6.45) is 4.13. The van der Waals surface area contributed by atoms with E-state index in [1.807, 2.05) is 37.3 Å². The van der Waals surface area contributed by atoms with E-state index >= 15 is 0 Å². The van der Waals surface area contributed by atoms with Gasteiger partial charge in [0, 0.05) is 6.54 Å². The van der Waals surface area contributed by atoms with Crippen LogP contribution in [0.2, 0.25) is 0 Å². The van der Waals surface area contributed by atoms with Gasteiger partial charge in [-0.15, -0.1) is 0 Å². The molecule has 1 aliphatic heterocycles. The molecule has 0 saturated carbocycles. The third-order valence-corrected chi connectivity index (χ3v) is 5.55. The molecule has 0 spiro atoms.